The smallest absolute Gasteiger partial charge is 0.270 e. The lowest BCUT2D eigenvalue weighted by atomic mass is 9.64. The Balaban J connectivity index is 1.55. The van der Waals surface area contributed by atoms with Gasteiger partial charge in [0.2, 0.25) is 0 Å². The number of carbonyl (C=O) groups is 1. The SMILES string of the molecule is Cc1ncn(C)c1C(=O)N[C@H]1C2CN3CCN(C2)CC1(c1ccccc1)C3. The first kappa shape index (κ1) is 17.0. The Kier molecular flexibility index (Phi) is 3.88. The summed E-state index contributed by atoms with van der Waals surface area (Å²) in [5.41, 5.74) is 2.75. The van der Waals surface area contributed by atoms with E-state index in [2.05, 4.69) is 50.4 Å². The highest BCUT2D eigenvalue weighted by molar-refractivity contribution is 5.94. The molecule has 0 aliphatic carbocycles. The summed E-state index contributed by atoms with van der Waals surface area (Å²) in [5, 5.41) is 3.46. The summed E-state index contributed by atoms with van der Waals surface area (Å²) in [5.74, 6) is 0.455. The quantitative estimate of drug-likeness (QED) is 0.883. The number of benzene rings is 1. The molecule has 3 atom stereocenters. The van der Waals surface area contributed by atoms with Gasteiger partial charge in [0.05, 0.1) is 12.0 Å². The Morgan fingerprint density at radius 2 is 1.81 bits per heavy atom. The Hall–Kier alpha value is -2.18. The first-order chi connectivity index (χ1) is 13.1. The highest BCUT2D eigenvalue weighted by Crippen LogP contribution is 2.43. The third-order valence-corrected chi connectivity index (χ3v) is 6.77. The van der Waals surface area contributed by atoms with E-state index in [0.717, 1.165) is 45.0 Å². The highest BCUT2D eigenvalue weighted by Gasteiger charge is 2.55. The Bertz CT molecular complexity index is 825. The second-order valence-corrected chi connectivity index (χ2v) is 8.49. The van der Waals surface area contributed by atoms with Crippen molar-refractivity contribution < 1.29 is 4.79 Å². The number of piperidine rings is 2. The van der Waals surface area contributed by atoms with E-state index >= 15 is 0 Å². The van der Waals surface area contributed by atoms with Crippen LogP contribution in [0.4, 0.5) is 0 Å². The van der Waals surface area contributed by atoms with Gasteiger partial charge in [-0.15, -0.1) is 0 Å². The van der Waals surface area contributed by atoms with Gasteiger partial charge in [0.1, 0.15) is 5.69 Å². The van der Waals surface area contributed by atoms with Crippen molar-refractivity contribution >= 4 is 5.91 Å². The molecule has 6 nitrogen and oxygen atoms in total. The molecule has 2 unspecified atom stereocenters. The van der Waals surface area contributed by atoms with Crippen LogP contribution in [0.1, 0.15) is 21.7 Å². The van der Waals surface area contributed by atoms with Crippen molar-refractivity contribution in [1.29, 1.82) is 0 Å². The fraction of sp³-hybridized carbons (Fsp3) is 0.524. The molecular formula is C21H27N5O. The molecule has 4 fully saturated rings. The predicted molar refractivity (Wildman–Crippen MR) is 104 cm³/mol. The molecule has 1 aromatic carbocycles. The average Bonchev–Trinajstić information content (AvgIpc) is 2.83. The minimum absolute atomic E-state index is 0.00366. The maximum atomic E-state index is 13.2. The molecule has 0 saturated carbocycles. The summed E-state index contributed by atoms with van der Waals surface area (Å²) >= 11 is 0. The lowest BCUT2D eigenvalue weighted by Crippen LogP contribution is -2.70. The zero-order valence-electron chi connectivity index (χ0n) is 16.1. The lowest BCUT2D eigenvalue weighted by Gasteiger charge is -2.55. The van der Waals surface area contributed by atoms with Gasteiger partial charge in [-0.2, -0.15) is 0 Å². The number of fused-ring (bicyclic) bond motifs is 1. The van der Waals surface area contributed by atoms with Crippen molar-refractivity contribution in [3.8, 4) is 0 Å². The van der Waals surface area contributed by atoms with Crippen LogP contribution in [0.3, 0.4) is 0 Å². The molecule has 6 rings (SSSR count). The number of hydrogen-bond donors (Lipinski definition) is 1. The van der Waals surface area contributed by atoms with Crippen molar-refractivity contribution in [2.24, 2.45) is 13.0 Å². The van der Waals surface area contributed by atoms with Gasteiger partial charge in [-0.05, 0) is 12.5 Å². The fourth-order valence-electron chi connectivity index (χ4n) is 5.65. The standard InChI is InChI=1S/C21H27N5O/c1-15-18(24(2)14-22-15)20(27)23-19-16-10-25-8-9-26(11-16)13-21(19,12-25)17-6-4-3-5-7-17/h3-7,14,16,19H,8-13H2,1-2H3,(H,23,27)/t16?,19-,21?/m0/s1. The van der Waals surface area contributed by atoms with E-state index in [4.69, 9.17) is 0 Å². The molecule has 1 N–H and O–H groups in total. The van der Waals surface area contributed by atoms with Crippen LogP contribution in [0, 0.1) is 12.8 Å². The molecular weight excluding hydrogens is 338 g/mol. The minimum atomic E-state index is -0.0545. The largest absolute Gasteiger partial charge is 0.347 e. The van der Waals surface area contributed by atoms with Gasteiger partial charge < -0.3 is 19.7 Å². The summed E-state index contributed by atoms with van der Waals surface area (Å²) in [4.78, 5) is 22.7. The second-order valence-electron chi connectivity index (χ2n) is 8.49. The molecule has 6 heteroatoms. The minimum Gasteiger partial charge on any atom is -0.347 e. The number of hydrogen-bond acceptors (Lipinski definition) is 4. The van der Waals surface area contributed by atoms with Crippen LogP contribution >= 0.6 is 0 Å². The van der Waals surface area contributed by atoms with Crippen LogP contribution in [0.5, 0.6) is 0 Å². The van der Waals surface area contributed by atoms with Gasteiger partial charge in [0.15, 0.2) is 0 Å². The molecule has 27 heavy (non-hydrogen) atoms. The van der Waals surface area contributed by atoms with Gasteiger partial charge in [-0.25, -0.2) is 4.98 Å². The molecule has 2 aromatic rings. The molecule has 4 aliphatic heterocycles. The Morgan fingerprint density at radius 3 is 2.41 bits per heavy atom. The Labute approximate surface area is 160 Å². The Morgan fingerprint density at radius 1 is 1.15 bits per heavy atom. The maximum Gasteiger partial charge on any atom is 0.270 e. The van der Waals surface area contributed by atoms with Crippen LogP contribution in [-0.4, -0.2) is 70.6 Å². The number of nitrogens with zero attached hydrogens (tertiary/aromatic N) is 4. The van der Waals surface area contributed by atoms with E-state index in [1.807, 2.05) is 18.5 Å². The van der Waals surface area contributed by atoms with E-state index in [-0.39, 0.29) is 17.4 Å². The summed E-state index contributed by atoms with van der Waals surface area (Å²) in [6, 6.07) is 10.9. The van der Waals surface area contributed by atoms with Crippen LogP contribution < -0.4 is 5.32 Å². The van der Waals surface area contributed by atoms with Crippen molar-refractivity contribution in [3.63, 3.8) is 0 Å². The monoisotopic (exact) mass is 365 g/mol. The van der Waals surface area contributed by atoms with Crippen molar-refractivity contribution in [2.45, 2.75) is 18.4 Å². The van der Waals surface area contributed by atoms with Crippen molar-refractivity contribution in [2.75, 3.05) is 39.3 Å². The summed E-state index contributed by atoms with van der Waals surface area (Å²) < 4.78 is 1.83. The molecule has 1 amide bonds. The molecule has 4 aliphatic rings. The number of aromatic nitrogens is 2. The van der Waals surface area contributed by atoms with Gasteiger partial charge in [-0.1, -0.05) is 30.3 Å². The first-order valence-electron chi connectivity index (χ1n) is 9.86. The number of carbonyl (C=O) groups excluding carboxylic acids is 1. The van der Waals surface area contributed by atoms with E-state index in [0.29, 0.717) is 11.6 Å². The lowest BCUT2D eigenvalue weighted by molar-refractivity contribution is 0.0178. The highest BCUT2D eigenvalue weighted by atomic mass is 16.2. The van der Waals surface area contributed by atoms with Crippen molar-refractivity contribution in [3.05, 3.63) is 53.6 Å². The number of amides is 1. The number of imidazole rings is 1. The topological polar surface area (TPSA) is 53.4 Å². The van der Waals surface area contributed by atoms with E-state index < -0.39 is 0 Å². The summed E-state index contributed by atoms with van der Waals surface area (Å²) in [6.45, 7) is 8.33. The van der Waals surface area contributed by atoms with Crippen LogP contribution in [0.25, 0.3) is 0 Å². The molecule has 4 saturated heterocycles. The molecule has 5 heterocycles. The van der Waals surface area contributed by atoms with Crippen LogP contribution in [0.15, 0.2) is 36.7 Å². The molecule has 142 valence electrons. The summed E-state index contributed by atoms with van der Waals surface area (Å²) in [7, 11) is 1.89. The van der Waals surface area contributed by atoms with Gasteiger partial charge in [-0.3, -0.25) is 4.79 Å². The van der Waals surface area contributed by atoms with Crippen LogP contribution in [0.2, 0.25) is 0 Å². The zero-order valence-corrected chi connectivity index (χ0v) is 16.1. The van der Waals surface area contributed by atoms with E-state index in [1.165, 1.54) is 5.56 Å². The van der Waals surface area contributed by atoms with Gasteiger partial charge in [0, 0.05) is 63.7 Å². The second kappa shape index (κ2) is 6.17. The molecule has 0 spiro atoms. The predicted octanol–water partition coefficient (Wildman–Crippen LogP) is 1.03. The van der Waals surface area contributed by atoms with E-state index in [9.17, 15) is 4.79 Å². The third kappa shape index (κ3) is 2.62. The fourth-order valence-corrected chi connectivity index (χ4v) is 5.65. The molecule has 1 aromatic heterocycles. The molecule has 0 radical (unpaired) electrons. The van der Waals surface area contributed by atoms with Gasteiger partial charge >= 0.3 is 0 Å². The normalized spacial score (nSPS) is 34.4. The van der Waals surface area contributed by atoms with Crippen molar-refractivity contribution in [1.82, 2.24) is 24.7 Å². The van der Waals surface area contributed by atoms with Crippen LogP contribution in [-0.2, 0) is 12.5 Å². The maximum absolute atomic E-state index is 13.2. The van der Waals surface area contributed by atoms with E-state index in [1.54, 1.807) is 6.33 Å². The number of rotatable bonds is 3. The summed E-state index contributed by atoms with van der Waals surface area (Å²) in [6.07, 6.45) is 1.72. The molecule has 4 bridgehead atoms. The number of aryl methyl sites for hydroxylation is 2. The zero-order chi connectivity index (χ0) is 18.6. The average molecular weight is 365 g/mol. The van der Waals surface area contributed by atoms with Gasteiger partial charge in [0.25, 0.3) is 5.91 Å². The first-order valence-corrected chi connectivity index (χ1v) is 9.86. The number of nitrogens with one attached hydrogen (secondary N) is 1. The third-order valence-electron chi connectivity index (χ3n) is 6.77.